The second kappa shape index (κ2) is 8.06. The average Bonchev–Trinajstić information content (AvgIpc) is 2.67. The molecular weight excluding hydrogens is 464 g/mol. The number of halogens is 3. The Kier molecular flexibility index (Phi) is 6.21. The van der Waals surface area contributed by atoms with Crippen LogP contribution in [0.2, 0.25) is 0 Å². The van der Waals surface area contributed by atoms with Gasteiger partial charge in [0.15, 0.2) is 0 Å². The van der Waals surface area contributed by atoms with Crippen LogP contribution in [0.15, 0.2) is 53.0 Å². The van der Waals surface area contributed by atoms with Gasteiger partial charge in [0.05, 0.1) is 15.7 Å². The van der Waals surface area contributed by atoms with Crippen LogP contribution in [0.1, 0.15) is 44.4 Å². The Bertz CT molecular complexity index is 905. The number of aliphatic hydroxyl groups is 1. The molecule has 1 unspecified atom stereocenters. The Labute approximate surface area is 180 Å². The SMILES string of the molecule is CC(C)(C)[S@@](=O)N[C@]1(C(F)(F)CO)CC(c2ccccc2)Oc2ccc(Br)cc21. The predicted octanol–water partition coefficient (Wildman–Crippen LogP) is 4.85. The van der Waals surface area contributed by atoms with Gasteiger partial charge in [-0.3, -0.25) is 0 Å². The summed E-state index contributed by atoms with van der Waals surface area (Å²) < 4.78 is 52.4. The molecule has 29 heavy (non-hydrogen) atoms. The molecule has 1 heterocycles. The zero-order valence-corrected chi connectivity index (χ0v) is 18.8. The van der Waals surface area contributed by atoms with E-state index in [1.54, 1.807) is 45.0 Å². The summed E-state index contributed by atoms with van der Waals surface area (Å²) in [7, 11) is -1.82. The summed E-state index contributed by atoms with van der Waals surface area (Å²) in [5.74, 6) is -3.33. The van der Waals surface area contributed by atoms with Crippen LogP contribution in [0.25, 0.3) is 0 Å². The summed E-state index contributed by atoms with van der Waals surface area (Å²) in [4.78, 5) is 0. The molecule has 2 aromatic rings. The van der Waals surface area contributed by atoms with Gasteiger partial charge in [-0.25, -0.2) is 17.7 Å². The van der Waals surface area contributed by atoms with Crippen molar-refractivity contribution < 1.29 is 22.8 Å². The summed E-state index contributed by atoms with van der Waals surface area (Å²) in [6.07, 6.45) is -0.901. The monoisotopic (exact) mass is 487 g/mol. The minimum Gasteiger partial charge on any atom is -0.485 e. The van der Waals surface area contributed by atoms with E-state index >= 15 is 8.78 Å². The normalized spacial score (nSPS) is 23.2. The second-order valence-electron chi connectivity index (χ2n) is 8.11. The number of benzene rings is 2. The van der Waals surface area contributed by atoms with Crippen molar-refractivity contribution in [3.05, 3.63) is 64.1 Å². The van der Waals surface area contributed by atoms with Gasteiger partial charge in [-0.15, -0.1) is 0 Å². The van der Waals surface area contributed by atoms with Gasteiger partial charge in [0, 0.05) is 16.5 Å². The molecular formula is C21H24BrF2NO3S. The molecule has 3 rings (SSSR count). The Morgan fingerprint density at radius 2 is 1.90 bits per heavy atom. The van der Waals surface area contributed by atoms with E-state index in [-0.39, 0.29) is 17.7 Å². The summed E-state index contributed by atoms with van der Waals surface area (Å²) in [5.41, 5.74) is -1.20. The molecule has 4 nitrogen and oxygen atoms in total. The van der Waals surface area contributed by atoms with Crippen molar-refractivity contribution in [1.29, 1.82) is 0 Å². The highest BCUT2D eigenvalue weighted by Gasteiger charge is 2.60. The van der Waals surface area contributed by atoms with Crippen LogP contribution in [0, 0.1) is 0 Å². The number of hydrogen-bond donors (Lipinski definition) is 2. The number of aliphatic hydroxyl groups excluding tert-OH is 1. The van der Waals surface area contributed by atoms with Crippen LogP contribution < -0.4 is 9.46 Å². The highest BCUT2D eigenvalue weighted by molar-refractivity contribution is 9.10. The Morgan fingerprint density at radius 1 is 1.24 bits per heavy atom. The highest BCUT2D eigenvalue weighted by atomic mass is 79.9. The van der Waals surface area contributed by atoms with Gasteiger partial charge in [0.1, 0.15) is 24.0 Å². The van der Waals surface area contributed by atoms with Gasteiger partial charge in [0.2, 0.25) is 0 Å². The van der Waals surface area contributed by atoms with Gasteiger partial charge in [-0.1, -0.05) is 46.3 Å². The fourth-order valence-corrected chi connectivity index (χ4v) is 4.67. The van der Waals surface area contributed by atoms with Crippen molar-refractivity contribution in [3.8, 4) is 5.75 Å². The van der Waals surface area contributed by atoms with E-state index in [1.165, 1.54) is 6.07 Å². The molecule has 1 aliphatic rings. The first-order chi connectivity index (χ1) is 13.5. The molecule has 0 saturated carbocycles. The lowest BCUT2D eigenvalue weighted by Gasteiger charge is -2.47. The predicted molar refractivity (Wildman–Crippen MR) is 113 cm³/mol. The van der Waals surface area contributed by atoms with E-state index in [0.717, 1.165) is 5.56 Å². The average molecular weight is 488 g/mol. The molecule has 8 heteroatoms. The van der Waals surface area contributed by atoms with Crippen molar-refractivity contribution in [1.82, 2.24) is 4.72 Å². The Balaban J connectivity index is 2.22. The van der Waals surface area contributed by atoms with Crippen LogP contribution in [0.5, 0.6) is 5.75 Å². The van der Waals surface area contributed by atoms with Gasteiger partial charge in [-0.05, 0) is 44.5 Å². The summed E-state index contributed by atoms with van der Waals surface area (Å²) >= 11 is 3.33. The molecule has 0 bridgehead atoms. The molecule has 0 saturated heterocycles. The molecule has 2 N–H and O–H groups in total. The lowest BCUT2D eigenvalue weighted by atomic mass is 9.76. The first-order valence-corrected chi connectivity index (χ1v) is 11.1. The number of hydrogen-bond acceptors (Lipinski definition) is 3. The minimum absolute atomic E-state index is 0.163. The third-order valence-electron chi connectivity index (χ3n) is 4.98. The van der Waals surface area contributed by atoms with Gasteiger partial charge in [-0.2, -0.15) is 0 Å². The molecule has 0 aliphatic carbocycles. The van der Waals surface area contributed by atoms with Crippen molar-refractivity contribution in [2.24, 2.45) is 0 Å². The molecule has 3 atom stereocenters. The first-order valence-electron chi connectivity index (χ1n) is 9.20. The largest absolute Gasteiger partial charge is 0.485 e. The zero-order chi connectivity index (χ0) is 21.4. The van der Waals surface area contributed by atoms with Crippen molar-refractivity contribution in [2.75, 3.05) is 6.61 Å². The third kappa shape index (κ3) is 4.26. The van der Waals surface area contributed by atoms with Crippen LogP contribution in [-0.4, -0.2) is 26.6 Å². The van der Waals surface area contributed by atoms with Gasteiger partial charge >= 0.3 is 0 Å². The molecule has 158 valence electrons. The maximum absolute atomic E-state index is 15.4. The number of ether oxygens (including phenoxy) is 1. The second-order valence-corrected chi connectivity index (χ2v) is 11.0. The first kappa shape index (κ1) is 22.3. The number of rotatable bonds is 5. The molecule has 0 spiro atoms. The lowest BCUT2D eigenvalue weighted by molar-refractivity contribution is -0.137. The van der Waals surface area contributed by atoms with Crippen molar-refractivity contribution in [2.45, 2.75) is 49.5 Å². The van der Waals surface area contributed by atoms with E-state index in [9.17, 15) is 9.32 Å². The molecule has 2 aromatic carbocycles. The number of nitrogens with one attached hydrogen (secondary N) is 1. The quantitative estimate of drug-likeness (QED) is 0.633. The summed E-state index contributed by atoms with van der Waals surface area (Å²) in [6.45, 7) is 3.72. The van der Waals surface area contributed by atoms with E-state index < -0.39 is 39.9 Å². The standard InChI is InChI=1S/C21H24BrF2NO3S/c1-19(2,3)29(27)25-20(21(23,24)13-26)12-18(14-7-5-4-6-8-14)28-17-10-9-15(22)11-16(17)20/h4-11,18,25-26H,12-13H2,1-3H3/t18?,20-,29-/m1/s1. The Morgan fingerprint density at radius 3 is 2.48 bits per heavy atom. The van der Waals surface area contributed by atoms with E-state index in [1.807, 2.05) is 18.2 Å². The zero-order valence-electron chi connectivity index (χ0n) is 16.4. The number of alkyl halides is 2. The van der Waals surface area contributed by atoms with E-state index in [4.69, 9.17) is 4.74 Å². The molecule has 0 radical (unpaired) electrons. The summed E-state index contributed by atoms with van der Waals surface area (Å²) in [6, 6.07) is 13.9. The van der Waals surface area contributed by atoms with Gasteiger partial charge < -0.3 is 9.84 Å². The van der Waals surface area contributed by atoms with Crippen molar-refractivity contribution in [3.63, 3.8) is 0 Å². The fraction of sp³-hybridized carbons (Fsp3) is 0.429. The van der Waals surface area contributed by atoms with Crippen LogP contribution in [-0.2, 0) is 16.5 Å². The minimum atomic E-state index is -3.60. The maximum atomic E-state index is 15.4. The lowest BCUT2D eigenvalue weighted by Crippen LogP contribution is -2.62. The van der Waals surface area contributed by atoms with E-state index in [2.05, 4.69) is 20.7 Å². The third-order valence-corrected chi connectivity index (χ3v) is 7.12. The molecule has 0 amide bonds. The van der Waals surface area contributed by atoms with Crippen LogP contribution in [0.4, 0.5) is 8.78 Å². The molecule has 0 aromatic heterocycles. The smallest absolute Gasteiger partial charge is 0.293 e. The van der Waals surface area contributed by atoms with Crippen LogP contribution >= 0.6 is 15.9 Å². The van der Waals surface area contributed by atoms with E-state index in [0.29, 0.717) is 4.47 Å². The Hall–Kier alpha value is -1.35. The molecule has 0 fully saturated rings. The maximum Gasteiger partial charge on any atom is 0.293 e. The highest BCUT2D eigenvalue weighted by Crippen LogP contribution is 2.52. The fourth-order valence-electron chi connectivity index (χ4n) is 3.34. The molecule has 1 aliphatic heterocycles. The van der Waals surface area contributed by atoms with Crippen molar-refractivity contribution >= 4 is 26.9 Å². The number of fused-ring (bicyclic) bond motifs is 1. The summed E-state index contributed by atoms with van der Waals surface area (Å²) in [5, 5.41) is 9.64. The van der Waals surface area contributed by atoms with Crippen LogP contribution in [0.3, 0.4) is 0 Å². The van der Waals surface area contributed by atoms with Gasteiger partial charge in [0.25, 0.3) is 5.92 Å². The topological polar surface area (TPSA) is 58.6 Å².